The summed E-state index contributed by atoms with van der Waals surface area (Å²) in [5.74, 6) is 0.0609. The van der Waals surface area contributed by atoms with E-state index in [2.05, 4.69) is 5.32 Å². The van der Waals surface area contributed by atoms with Crippen LogP contribution in [-0.2, 0) is 9.59 Å². The lowest BCUT2D eigenvalue weighted by atomic mass is 10.0. The molecular weight excluding hydrogens is 364 g/mol. The number of halogens is 1. The van der Waals surface area contributed by atoms with E-state index >= 15 is 0 Å². The minimum atomic E-state index is -0.342. The summed E-state index contributed by atoms with van der Waals surface area (Å²) in [6, 6.07) is 12.6. The molecule has 140 valence electrons. The van der Waals surface area contributed by atoms with Gasteiger partial charge in [-0.15, -0.1) is 0 Å². The smallest absolute Gasteiger partial charge is 0.278 e. The number of carbonyl (C=O) groups excluding carboxylic acids is 2. The average Bonchev–Trinajstić information content (AvgIpc) is 2.89. The fourth-order valence-electron chi connectivity index (χ4n) is 3.01. The minimum Gasteiger partial charge on any atom is -0.494 e. The molecule has 0 aromatic heterocycles. The van der Waals surface area contributed by atoms with Gasteiger partial charge in [0.25, 0.3) is 11.8 Å². The normalized spacial score (nSPS) is 14.1. The zero-order chi connectivity index (χ0) is 19.6. The number of nitrogens with zero attached hydrogens (tertiary/aromatic N) is 1. The second-order valence-corrected chi connectivity index (χ2v) is 6.51. The maximum atomic E-state index is 12.9. The van der Waals surface area contributed by atoms with Gasteiger partial charge in [-0.25, -0.2) is 0 Å². The highest BCUT2D eigenvalue weighted by molar-refractivity contribution is 6.36. The van der Waals surface area contributed by atoms with E-state index in [4.69, 9.17) is 16.3 Å². The molecule has 1 aliphatic rings. The number of imide groups is 1. The molecule has 5 nitrogen and oxygen atoms in total. The number of ether oxygens (including phenoxy) is 1. The lowest BCUT2D eigenvalue weighted by Gasteiger charge is -2.13. The maximum absolute atomic E-state index is 12.9. The molecule has 27 heavy (non-hydrogen) atoms. The Labute approximate surface area is 163 Å². The van der Waals surface area contributed by atoms with Gasteiger partial charge in [-0.3, -0.25) is 14.5 Å². The van der Waals surface area contributed by atoms with Crippen molar-refractivity contribution in [1.29, 1.82) is 0 Å². The Morgan fingerprint density at radius 3 is 2.37 bits per heavy atom. The molecule has 3 rings (SSSR count). The number of hydrogen-bond donors (Lipinski definition) is 1. The van der Waals surface area contributed by atoms with E-state index in [-0.39, 0.29) is 17.5 Å². The summed E-state index contributed by atoms with van der Waals surface area (Å²) in [7, 11) is 0. The molecule has 0 bridgehead atoms. The number of nitrogens with one attached hydrogen (secondary N) is 1. The average molecular weight is 385 g/mol. The second-order valence-electron chi connectivity index (χ2n) is 6.10. The van der Waals surface area contributed by atoms with Gasteiger partial charge in [0.05, 0.1) is 12.2 Å². The Kier molecular flexibility index (Phi) is 5.51. The summed E-state index contributed by atoms with van der Waals surface area (Å²) < 4.78 is 5.46. The number of hydrogen-bond acceptors (Lipinski definition) is 4. The largest absolute Gasteiger partial charge is 0.494 e. The monoisotopic (exact) mass is 384 g/mol. The Balaban J connectivity index is 2.07. The van der Waals surface area contributed by atoms with Crippen LogP contribution in [0.25, 0.3) is 5.57 Å². The van der Waals surface area contributed by atoms with Crippen LogP contribution in [-0.4, -0.2) is 29.9 Å². The van der Waals surface area contributed by atoms with Crippen molar-refractivity contribution in [2.24, 2.45) is 0 Å². The fraction of sp³-hybridized carbons (Fsp3) is 0.238. The van der Waals surface area contributed by atoms with E-state index in [1.54, 1.807) is 43.3 Å². The highest BCUT2D eigenvalue weighted by Gasteiger charge is 2.38. The van der Waals surface area contributed by atoms with Gasteiger partial charge in [0.15, 0.2) is 0 Å². The number of amides is 2. The topological polar surface area (TPSA) is 58.6 Å². The first-order valence-electron chi connectivity index (χ1n) is 8.83. The van der Waals surface area contributed by atoms with Crippen molar-refractivity contribution in [3.8, 4) is 5.75 Å². The van der Waals surface area contributed by atoms with E-state index in [1.807, 2.05) is 19.9 Å². The molecule has 0 radical (unpaired) electrons. The van der Waals surface area contributed by atoms with Crippen LogP contribution in [0.2, 0.25) is 5.02 Å². The number of rotatable bonds is 6. The van der Waals surface area contributed by atoms with E-state index in [0.29, 0.717) is 40.7 Å². The van der Waals surface area contributed by atoms with Gasteiger partial charge in [-0.2, -0.15) is 0 Å². The molecule has 0 spiro atoms. The minimum absolute atomic E-state index is 0.261. The summed E-state index contributed by atoms with van der Waals surface area (Å²) in [4.78, 5) is 26.9. The van der Waals surface area contributed by atoms with Crippen molar-refractivity contribution in [2.75, 3.05) is 18.5 Å². The van der Waals surface area contributed by atoms with Crippen LogP contribution in [0.4, 0.5) is 5.69 Å². The van der Waals surface area contributed by atoms with Crippen LogP contribution in [0.3, 0.4) is 0 Å². The summed E-state index contributed by atoms with van der Waals surface area (Å²) in [6.45, 7) is 6.41. The molecule has 2 aromatic rings. The van der Waals surface area contributed by atoms with Gasteiger partial charge in [-0.1, -0.05) is 29.8 Å². The van der Waals surface area contributed by atoms with Crippen LogP contribution in [0.1, 0.15) is 25.0 Å². The maximum Gasteiger partial charge on any atom is 0.278 e. The number of likely N-dealkylation sites (N-methyl/N-ethyl adjacent to an activating group) is 1. The van der Waals surface area contributed by atoms with Crippen LogP contribution in [0.5, 0.6) is 5.75 Å². The molecule has 1 N–H and O–H groups in total. The van der Waals surface area contributed by atoms with Crippen LogP contribution in [0, 0.1) is 6.92 Å². The molecule has 0 atom stereocenters. The lowest BCUT2D eigenvalue weighted by Crippen LogP contribution is -2.32. The predicted molar refractivity (Wildman–Crippen MR) is 107 cm³/mol. The Morgan fingerprint density at radius 1 is 1.04 bits per heavy atom. The molecule has 6 heteroatoms. The summed E-state index contributed by atoms with van der Waals surface area (Å²) in [5.41, 5.74) is 2.78. The fourth-order valence-corrected chi connectivity index (χ4v) is 3.18. The van der Waals surface area contributed by atoms with Crippen LogP contribution in [0.15, 0.2) is 48.2 Å². The Hall–Kier alpha value is -2.79. The SMILES string of the molecule is CCOc1ccc(C2=C(Nc3cccc(Cl)c3C)C(=O)N(CC)C2=O)cc1. The van der Waals surface area contributed by atoms with Gasteiger partial charge < -0.3 is 10.1 Å². The van der Waals surface area contributed by atoms with Gasteiger partial charge in [-0.05, 0) is 56.2 Å². The molecule has 1 aliphatic heterocycles. The van der Waals surface area contributed by atoms with Crippen molar-refractivity contribution >= 4 is 34.7 Å². The molecule has 0 saturated carbocycles. The lowest BCUT2D eigenvalue weighted by molar-refractivity contribution is -0.136. The Morgan fingerprint density at radius 2 is 1.74 bits per heavy atom. The van der Waals surface area contributed by atoms with Crippen molar-refractivity contribution in [3.05, 3.63) is 64.3 Å². The number of benzene rings is 2. The summed E-state index contributed by atoms with van der Waals surface area (Å²) in [6.07, 6.45) is 0. The highest BCUT2D eigenvalue weighted by Crippen LogP contribution is 2.33. The van der Waals surface area contributed by atoms with Crippen molar-refractivity contribution in [3.63, 3.8) is 0 Å². The zero-order valence-electron chi connectivity index (χ0n) is 15.5. The molecule has 1 heterocycles. The van der Waals surface area contributed by atoms with Crippen molar-refractivity contribution < 1.29 is 14.3 Å². The first kappa shape index (κ1) is 19.0. The van der Waals surface area contributed by atoms with Gasteiger partial charge in [0.2, 0.25) is 0 Å². The molecule has 2 aromatic carbocycles. The van der Waals surface area contributed by atoms with E-state index < -0.39 is 0 Å². The van der Waals surface area contributed by atoms with Crippen LogP contribution >= 0.6 is 11.6 Å². The first-order valence-corrected chi connectivity index (χ1v) is 9.21. The van der Waals surface area contributed by atoms with Crippen molar-refractivity contribution in [2.45, 2.75) is 20.8 Å². The summed E-state index contributed by atoms with van der Waals surface area (Å²) >= 11 is 6.19. The molecular formula is C21H21ClN2O3. The van der Waals surface area contributed by atoms with Gasteiger partial charge >= 0.3 is 0 Å². The third-order valence-corrected chi connectivity index (χ3v) is 4.88. The molecule has 0 aliphatic carbocycles. The third-order valence-electron chi connectivity index (χ3n) is 4.47. The van der Waals surface area contributed by atoms with Gasteiger partial charge in [0.1, 0.15) is 11.4 Å². The van der Waals surface area contributed by atoms with E-state index in [1.165, 1.54) is 4.90 Å². The Bertz CT molecular complexity index is 920. The number of carbonyl (C=O) groups is 2. The quantitative estimate of drug-likeness (QED) is 0.756. The third kappa shape index (κ3) is 3.55. The van der Waals surface area contributed by atoms with Gasteiger partial charge in [0, 0.05) is 17.3 Å². The van der Waals surface area contributed by atoms with Crippen molar-refractivity contribution in [1.82, 2.24) is 4.90 Å². The predicted octanol–water partition coefficient (Wildman–Crippen LogP) is 4.26. The molecule has 0 saturated heterocycles. The van der Waals surface area contributed by atoms with Crippen LogP contribution < -0.4 is 10.1 Å². The molecule has 2 amide bonds. The standard InChI is InChI=1S/C21H21ClN2O3/c1-4-24-20(25)18(14-9-11-15(12-10-14)27-5-2)19(21(24)26)23-17-8-6-7-16(22)13(17)3/h6-12,23H,4-5H2,1-3H3. The second kappa shape index (κ2) is 7.84. The highest BCUT2D eigenvalue weighted by atomic mass is 35.5. The molecule has 0 unspecified atom stereocenters. The number of anilines is 1. The first-order chi connectivity index (χ1) is 13.0. The molecule has 0 fully saturated rings. The zero-order valence-corrected chi connectivity index (χ0v) is 16.3. The van der Waals surface area contributed by atoms with E-state index in [0.717, 1.165) is 5.56 Å². The van der Waals surface area contributed by atoms with E-state index in [9.17, 15) is 9.59 Å². The summed E-state index contributed by atoms with van der Waals surface area (Å²) in [5, 5.41) is 3.72.